The maximum Gasteiger partial charge on any atom is 0.123 e. The second-order valence-corrected chi connectivity index (χ2v) is 18.1. The Kier molecular flexibility index (Phi) is 13.0. The van der Waals surface area contributed by atoms with Crippen LogP contribution in [0.5, 0.6) is 34.5 Å². The smallest absolute Gasteiger partial charge is 0.123 e. The Hall–Kier alpha value is -7.44. The van der Waals surface area contributed by atoms with Gasteiger partial charge in [-0.3, -0.25) is 0 Å². The Morgan fingerprint density at radius 1 is 0.379 bits per heavy atom. The van der Waals surface area contributed by atoms with Crippen molar-refractivity contribution < 1.29 is 30.6 Å². The number of rotatable bonds is 16. The summed E-state index contributed by atoms with van der Waals surface area (Å²) in [7, 11) is 0. The van der Waals surface area contributed by atoms with Crippen LogP contribution >= 0.6 is 0 Å². The van der Waals surface area contributed by atoms with Crippen LogP contribution in [0.4, 0.5) is 0 Å². The minimum Gasteiger partial charge on any atom is -0.508 e. The van der Waals surface area contributed by atoms with Crippen molar-refractivity contribution in [3.63, 3.8) is 0 Å². The predicted molar refractivity (Wildman–Crippen MR) is 265 cm³/mol. The van der Waals surface area contributed by atoms with Crippen molar-refractivity contribution in [1.29, 1.82) is 0 Å². The van der Waals surface area contributed by atoms with Gasteiger partial charge in [0, 0.05) is 27.4 Å². The molecular weight excluding hydrogens is 817 g/mol. The van der Waals surface area contributed by atoms with Gasteiger partial charge < -0.3 is 30.6 Å². The van der Waals surface area contributed by atoms with Gasteiger partial charge >= 0.3 is 0 Å². The molecule has 0 aliphatic rings. The zero-order chi connectivity index (χ0) is 46.5. The molecule has 6 N–H and O–H groups in total. The zero-order valence-corrected chi connectivity index (χ0v) is 37.8. The number of phenolic OH excluding ortho intramolecular Hbond substituents is 6. The summed E-state index contributed by atoms with van der Waals surface area (Å²) in [5.41, 5.74) is 8.15. The Morgan fingerprint density at radius 2 is 0.712 bits per heavy atom. The van der Waals surface area contributed by atoms with E-state index in [9.17, 15) is 30.6 Å². The van der Waals surface area contributed by atoms with Gasteiger partial charge in [0.2, 0.25) is 0 Å². The number of phenols is 6. The summed E-state index contributed by atoms with van der Waals surface area (Å²) in [6.45, 7) is 6.80. The lowest BCUT2D eigenvalue weighted by atomic mass is 9.58. The molecule has 8 rings (SSSR count). The Bertz CT molecular complexity index is 2670. The maximum absolute atomic E-state index is 10.7. The molecule has 0 radical (unpaired) electrons. The molecule has 0 bridgehead atoms. The quantitative estimate of drug-likeness (QED) is 0.0575. The van der Waals surface area contributed by atoms with Crippen LogP contribution in [0.3, 0.4) is 0 Å². The summed E-state index contributed by atoms with van der Waals surface area (Å²) in [6, 6.07) is 61.8. The fraction of sp³-hybridized carbons (Fsp3) is 0.200. The van der Waals surface area contributed by atoms with Crippen LogP contribution in [0.15, 0.2) is 194 Å². The van der Waals surface area contributed by atoms with Crippen molar-refractivity contribution in [2.75, 3.05) is 0 Å². The molecule has 0 aliphatic carbocycles. The zero-order valence-electron chi connectivity index (χ0n) is 37.8. The highest BCUT2D eigenvalue weighted by atomic mass is 16.3. The Balaban J connectivity index is 1.25. The van der Waals surface area contributed by atoms with E-state index in [1.165, 1.54) is 0 Å². The average molecular weight is 875 g/mol. The van der Waals surface area contributed by atoms with Gasteiger partial charge in [-0.25, -0.2) is 0 Å². The molecule has 0 fully saturated rings. The summed E-state index contributed by atoms with van der Waals surface area (Å²) >= 11 is 0. The van der Waals surface area contributed by atoms with E-state index in [-0.39, 0.29) is 40.4 Å². The van der Waals surface area contributed by atoms with E-state index in [2.05, 4.69) is 69.3 Å². The van der Waals surface area contributed by atoms with Gasteiger partial charge in [-0.05, 0) is 143 Å². The summed E-state index contributed by atoms with van der Waals surface area (Å²) in [4.78, 5) is 0. The lowest BCUT2D eigenvalue weighted by Gasteiger charge is -2.45. The van der Waals surface area contributed by atoms with Gasteiger partial charge in [0.15, 0.2) is 0 Å². The van der Waals surface area contributed by atoms with Crippen LogP contribution in [0.1, 0.15) is 86.3 Å². The monoisotopic (exact) mass is 874 g/mol. The first-order chi connectivity index (χ1) is 31.9. The van der Waals surface area contributed by atoms with Gasteiger partial charge in [0.1, 0.15) is 34.5 Å². The molecule has 1 unspecified atom stereocenters. The largest absolute Gasteiger partial charge is 0.508 e. The molecule has 0 aliphatic heterocycles. The first kappa shape index (κ1) is 45.1. The lowest BCUT2D eigenvalue weighted by molar-refractivity contribution is 0.255. The molecule has 0 saturated heterocycles. The van der Waals surface area contributed by atoms with Crippen molar-refractivity contribution in [2.45, 2.75) is 69.1 Å². The first-order valence-electron chi connectivity index (χ1n) is 22.8. The van der Waals surface area contributed by atoms with Crippen LogP contribution in [-0.2, 0) is 16.2 Å². The van der Waals surface area contributed by atoms with Gasteiger partial charge in [-0.2, -0.15) is 0 Å². The van der Waals surface area contributed by atoms with Crippen LogP contribution < -0.4 is 0 Å². The minimum absolute atomic E-state index is 0.0128. The average Bonchev–Trinajstić information content (AvgIpc) is 3.34. The van der Waals surface area contributed by atoms with E-state index in [1.54, 1.807) is 60.7 Å². The molecule has 6 heteroatoms. The third kappa shape index (κ3) is 8.84. The van der Waals surface area contributed by atoms with Gasteiger partial charge in [0.25, 0.3) is 0 Å². The fourth-order valence-corrected chi connectivity index (χ4v) is 10.5. The van der Waals surface area contributed by atoms with Crippen molar-refractivity contribution >= 4 is 0 Å². The van der Waals surface area contributed by atoms with E-state index in [1.807, 2.05) is 84.9 Å². The SMILES string of the molecule is CCC(CCC(c1ccc(O)cc1)(c1ccc(O)cc1)C(C)CCC(C)(c1ccc(-c2ccccc2O)cc1)c1ccc(-c2ccccc2O)cc1)(c1ccc(O)cc1)c1ccc(O)cc1. The number of para-hydroxylation sites is 2. The van der Waals surface area contributed by atoms with Crippen LogP contribution in [-0.4, -0.2) is 30.6 Å². The van der Waals surface area contributed by atoms with Crippen molar-refractivity contribution in [3.05, 3.63) is 228 Å². The van der Waals surface area contributed by atoms with E-state index < -0.39 is 16.2 Å². The van der Waals surface area contributed by atoms with Crippen molar-refractivity contribution in [1.82, 2.24) is 0 Å². The van der Waals surface area contributed by atoms with Gasteiger partial charge in [0.05, 0.1) is 0 Å². The molecule has 66 heavy (non-hydrogen) atoms. The number of benzene rings is 8. The molecule has 6 nitrogen and oxygen atoms in total. The van der Waals surface area contributed by atoms with E-state index in [4.69, 9.17) is 0 Å². The van der Waals surface area contributed by atoms with E-state index in [0.717, 1.165) is 74.9 Å². The van der Waals surface area contributed by atoms with Gasteiger partial charge in [-0.1, -0.05) is 154 Å². The van der Waals surface area contributed by atoms with Crippen molar-refractivity contribution in [3.8, 4) is 56.8 Å². The second-order valence-electron chi connectivity index (χ2n) is 18.1. The maximum atomic E-state index is 10.7. The molecule has 0 spiro atoms. The summed E-state index contributed by atoms with van der Waals surface area (Å²) in [5, 5.41) is 63.7. The normalized spacial score (nSPS) is 12.5. The molecule has 334 valence electrons. The lowest BCUT2D eigenvalue weighted by Crippen LogP contribution is -2.39. The number of aromatic hydroxyl groups is 6. The second kappa shape index (κ2) is 19.0. The fourth-order valence-electron chi connectivity index (χ4n) is 10.5. The highest BCUT2D eigenvalue weighted by Crippen LogP contribution is 2.52. The van der Waals surface area contributed by atoms with Gasteiger partial charge in [-0.15, -0.1) is 0 Å². The predicted octanol–water partition coefficient (Wildman–Crippen LogP) is 14.1. The topological polar surface area (TPSA) is 121 Å². The molecule has 0 heterocycles. The van der Waals surface area contributed by atoms with Crippen molar-refractivity contribution in [2.24, 2.45) is 5.92 Å². The number of hydrogen-bond acceptors (Lipinski definition) is 6. The van der Waals surface area contributed by atoms with Crippen LogP contribution in [0, 0.1) is 5.92 Å². The molecule has 8 aromatic rings. The first-order valence-corrected chi connectivity index (χ1v) is 22.8. The molecule has 0 saturated carbocycles. The highest BCUT2D eigenvalue weighted by Gasteiger charge is 2.44. The van der Waals surface area contributed by atoms with Crippen LogP contribution in [0.25, 0.3) is 22.3 Å². The molecule has 1 atom stereocenters. The third-order valence-corrected chi connectivity index (χ3v) is 14.5. The third-order valence-electron chi connectivity index (χ3n) is 14.5. The summed E-state index contributed by atoms with van der Waals surface area (Å²) in [6.07, 6.45) is 3.60. The van der Waals surface area contributed by atoms with Crippen LogP contribution in [0.2, 0.25) is 0 Å². The highest BCUT2D eigenvalue weighted by molar-refractivity contribution is 5.72. The van der Waals surface area contributed by atoms with E-state index >= 15 is 0 Å². The minimum atomic E-state index is -0.639. The molecule has 8 aromatic carbocycles. The Morgan fingerprint density at radius 3 is 1.06 bits per heavy atom. The number of hydrogen-bond donors (Lipinski definition) is 6. The Labute approximate surface area is 388 Å². The molecular formula is C60H58O6. The van der Waals surface area contributed by atoms with E-state index in [0.29, 0.717) is 12.8 Å². The summed E-state index contributed by atoms with van der Waals surface area (Å²) in [5.74, 6) is 1.17. The molecule has 0 amide bonds. The molecule has 0 aromatic heterocycles. The standard InChI is InChI=1S/C60H58O6/c1-4-59(46-21-29-50(61)30-22-46,47-23-31-51(62)32-24-47)39-40-60(48-25-33-52(63)34-26-48,49-27-35-53(64)36-28-49)41(2)37-38-58(3,44-17-13-42(14-18-44)54-9-5-7-11-56(54)65)45-19-15-43(16-20-45)55-10-6-8-12-57(55)66/h5-36,41,61-66H,4,37-40H2,1-3H3. The summed E-state index contributed by atoms with van der Waals surface area (Å²) < 4.78 is 0.